The van der Waals surface area contributed by atoms with Crippen molar-refractivity contribution in [3.05, 3.63) is 66.7 Å². The number of hydrogen-bond donors (Lipinski definition) is 2. The quantitative estimate of drug-likeness (QED) is 0.0868. The first kappa shape index (κ1) is 31.0. The zero-order chi connectivity index (χ0) is 30.7. The van der Waals surface area contributed by atoms with Gasteiger partial charge in [-0.25, -0.2) is 4.98 Å². The minimum absolute atomic E-state index is 0.103. The summed E-state index contributed by atoms with van der Waals surface area (Å²) in [5.74, 6) is 0.559. The molecule has 0 aliphatic rings. The zero-order valence-corrected chi connectivity index (χ0v) is 25.9. The number of ether oxygens (including phenoxy) is 2. The zero-order valence-electron chi connectivity index (χ0n) is 25.9. The standard InChI is InChI=1S/C37H43N3O4/c1-3-5-6-7-8-9-10-11-12-17-22-44-27-24-32(41)34(33(42)25-27)36-38-35(39-37(40-36)43-4-2)31-23-26-18-13-14-19-28(26)29-20-15-16-21-30(29)31/h13-16,18-21,23-25,41-42H,3-12,17,22H2,1-2H3. The van der Waals surface area contributed by atoms with E-state index in [4.69, 9.17) is 14.5 Å². The Hall–Kier alpha value is -4.39. The number of unbranched alkanes of at least 4 members (excludes halogenated alkanes) is 9. The van der Waals surface area contributed by atoms with Crippen molar-refractivity contribution in [2.45, 2.75) is 78.1 Å². The Labute approximate surface area is 259 Å². The largest absolute Gasteiger partial charge is 0.507 e. The number of nitrogens with zero attached hydrogens (tertiary/aromatic N) is 3. The molecule has 4 aromatic carbocycles. The van der Waals surface area contributed by atoms with E-state index in [0.717, 1.165) is 39.9 Å². The molecule has 7 heteroatoms. The molecule has 1 heterocycles. The van der Waals surface area contributed by atoms with E-state index in [1.165, 1.54) is 63.5 Å². The molecule has 0 fully saturated rings. The number of hydrogen-bond acceptors (Lipinski definition) is 7. The molecule has 0 bridgehead atoms. The molecule has 2 N–H and O–H groups in total. The average Bonchev–Trinajstić information content (AvgIpc) is 3.03. The fourth-order valence-corrected chi connectivity index (χ4v) is 5.70. The molecule has 5 aromatic rings. The minimum Gasteiger partial charge on any atom is -0.507 e. The molecule has 0 spiro atoms. The van der Waals surface area contributed by atoms with E-state index in [9.17, 15) is 10.2 Å². The van der Waals surface area contributed by atoms with Crippen molar-refractivity contribution < 1.29 is 19.7 Å². The summed E-state index contributed by atoms with van der Waals surface area (Å²) in [5.41, 5.74) is 0.908. The van der Waals surface area contributed by atoms with E-state index in [2.05, 4.69) is 41.2 Å². The molecule has 7 nitrogen and oxygen atoms in total. The molecule has 0 radical (unpaired) electrons. The summed E-state index contributed by atoms with van der Waals surface area (Å²) in [5, 5.41) is 26.3. The van der Waals surface area contributed by atoms with Gasteiger partial charge in [0.2, 0.25) is 0 Å². The van der Waals surface area contributed by atoms with E-state index in [1.807, 2.05) is 37.3 Å². The van der Waals surface area contributed by atoms with Crippen LogP contribution in [0.4, 0.5) is 0 Å². The Morgan fingerprint density at radius 3 is 1.86 bits per heavy atom. The summed E-state index contributed by atoms with van der Waals surface area (Å²) >= 11 is 0. The van der Waals surface area contributed by atoms with Gasteiger partial charge >= 0.3 is 6.01 Å². The molecule has 0 saturated carbocycles. The van der Waals surface area contributed by atoms with Crippen LogP contribution in [0, 0.1) is 0 Å². The highest BCUT2D eigenvalue weighted by atomic mass is 16.5. The first-order valence-electron chi connectivity index (χ1n) is 16.1. The first-order valence-corrected chi connectivity index (χ1v) is 16.1. The van der Waals surface area contributed by atoms with Crippen LogP contribution in [0.15, 0.2) is 66.7 Å². The third kappa shape index (κ3) is 7.57. The number of phenols is 2. The fourth-order valence-electron chi connectivity index (χ4n) is 5.70. The maximum Gasteiger partial charge on any atom is 0.320 e. The highest BCUT2D eigenvalue weighted by Crippen LogP contribution is 2.41. The average molecular weight is 594 g/mol. The first-order chi connectivity index (χ1) is 21.6. The summed E-state index contributed by atoms with van der Waals surface area (Å²) in [6.07, 6.45) is 12.4. The SMILES string of the molecule is CCCCCCCCCCCCOc1cc(O)c(-c2nc(OCC)nc(-c3cc4ccccc4c4ccccc34)n2)c(O)c1. The highest BCUT2D eigenvalue weighted by molar-refractivity contribution is 6.13. The van der Waals surface area contributed by atoms with Crippen LogP contribution in [-0.4, -0.2) is 38.4 Å². The predicted molar refractivity (Wildman–Crippen MR) is 178 cm³/mol. The van der Waals surface area contributed by atoms with Gasteiger partial charge in [0.25, 0.3) is 0 Å². The van der Waals surface area contributed by atoms with Gasteiger partial charge in [0, 0.05) is 17.7 Å². The van der Waals surface area contributed by atoms with Crippen molar-refractivity contribution in [1.82, 2.24) is 15.0 Å². The Bertz CT molecular complexity index is 1660. The molecule has 1 aromatic heterocycles. The molecular weight excluding hydrogens is 550 g/mol. The molecule has 0 aliphatic carbocycles. The molecule has 5 rings (SSSR count). The number of rotatable bonds is 16. The van der Waals surface area contributed by atoms with E-state index in [-0.39, 0.29) is 28.9 Å². The molecule has 0 saturated heterocycles. The van der Waals surface area contributed by atoms with Crippen molar-refractivity contribution in [2.75, 3.05) is 13.2 Å². The van der Waals surface area contributed by atoms with Gasteiger partial charge in [0.1, 0.15) is 22.8 Å². The van der Waals surface area contributed by atoms with Crippen LogP contribution in [-0.2, 0) is 0 Å². The third-order valence-corrected chi connectivity index (χ3v) is 7.96. The van der Waals surface area contributed by atoms with Crippen LogP contribution in [0.3, 0.4) is 0 Å². The molecule has 44 heavy (non-hydrogen) atoms. The number of phenolic OH excluding ortho intramolecular Hbond substituents is 2. The lowest BCUT2D eigenvalue weighted by Crippen LogP contribution is -2.04. The van der Waals surface area contributed by atoms with Gasteiger partial charge in [-0.05, 0) is 41.0 Å². The molecule has 0 aliphatic heterocycles. The van der Waals surface area contributed by atoms with Gasteiger partial charge in [0.15, 0.2) is 11.6 Å². The van der Waals surface area contributed by atoms with Crippen LogP contribution >= 0.6 is 0 Å². The van der Waals surface area contributed by atoms with Crippen LogP contribution < -0.4 is 9.47 Å². The molecular formula is C37H43N3O4. The number of fused-ring (bicyclic) bond motifs is 3. The van der Waals surface area contributed by atoms with Crippen molar-refractivity contribution in [3.63, 3.8) is 0 Å². The van der Waals surface area contributed by atoms with Crippen molar-refractivity contribution in [1.29, 1.82) is 0 Å². The number of aromatic hydroxyl groups is 2. The van der Waals surface area contributed by atoms with E-state index < -0.39 is 0 Å². The summed E-state index contributed by atoms with van der Waals surface area (Å²) in [6, 6.07) is 21.5. The van der Waals surface area contributed by atoms with Crippen LogP contribution in [0.1, 0.15) is 78.1 Å². The topological polar surface area (TPSA) is 97.6 Å². The van der Waals surface area contributed by atoms with Gasteiger partial charge in [0.05, 0.1) is 13.2 Å². The van der Waals surface area contributed by atoms with Crippen molar-refractivity contribution >= 4 is 21.5 Å². The number of benzene rings is 4. The van der Waals surface area contributed by atoms with Gasteiger partial charge < -0.3 is 19.7 Å². The molecule has 230 valence electrons. The van der Waals surface area contributed by atoms with Crippen LogP contribution in [0.5, 0.6) is 23.3 Å². The Morgan fingerprint density at radius 1 is 0.591 bits per heavy atom. The predicted octanol–water partition coefficient (Wildman–Crippen LogP) is 9.62. The Morgan fingerprint density at radius 2 is 1.18 bits per heavy atom. The Balaban J connectivity index is 1.33. The van der Waals surface area contributed by atoms with Gasteiger partial charge in [-0.3, -0.25) is 0 Å². The summed E-state index contributed by atoms with van der Waals surface area (Å²) < 4.78 is 11.6. The smallest absolute Gasteiger partial charge is 0.320 e. The van der Waals surface area contributed by atoms with E-state index in [1.54, 1.807) is 0 Å². The molecule has 0 atom stereocenters. The second kappa shape index (κ2) is 15.4. The summed E-state index contributed by atoms with van der Waals surface area (Å²) in [4.78, 5) is 13.8. The second-order valence-corrected chi connectivity index (χ2v) is 11.3. The highest BCUT2D eigenvalue weighted by Gasteiger charge is 2.20. The lowest BCUT2D eigenvalue weighted by molar-refractivity contribution is 0.301. The fraction of sp³-hybridized carbons (Fsp3) is 0.378. The van der Waals surface area contributed by atoms with Crippen LogP contribution in [0.2, 0.25) is 0 Å². The van der Waals surface area contributed by atoms with E-state index >= 15 is 0 Å². The monoisotopic (exact) mass is 593 g/mol. The molecule has 0 unspecified atom stereocenters. The summed E-state index contributed by atoms with van der Waals surface area (Å²) in [6.45, 7) is 4.97. The summed E-state index contributed by atoms with van der Waals surface area (Å²) in [7, 11) is 0. The third-order valence-electron chi connectivity index (χ3n) is 7.96. The van der Waals surface area contributed by atoms with Crippen molar-refractivity contribution in [3.8, 4) is 46.0 Å². The maximum atomic E-state index is 11.0. The van der Waals surface area contributed by atoms with Gasteiger partial charge in [-0.2, -0.15) is 9.97 Å². The van der Waals surface area contributed by atoms with Crippen LogP contribution in [0.25, 0.3) is 44.3 Å². The maximum absolute atomic E-state index is 11.0. The van der Waals surface area contributed by atoms with Gasteiger partial charge in [-0.15, -0.1) is 0 Å². The Kier molecular flexibility index (Phi) is 10.8. The lowest BCUT2D eigenvalue weighted by Gasteiger charge is -2.14. The minimum atomic E-state index is -0.175. The van der Waals surface area contributed by atoms with Crippen molar-refractivity contribution in [2.24, 2.45) is 0 Å². The van der Waals surface area contributed by atoms with Gasteiger partial charge in [-0.1, -0.05) is 113 Å². The lowest BCUT2D eigenvalue weighted by atomic mass is 9.97. The van der Waals surface area contributed by atoms with E-state index in [0.29, 0.717) is 24.8 Å². The second-order valence-electron chi connectivity index (χ2n) is 11.3. The number of aromatic nitrogens is 3. The molecule has 0 amide bonds. The normalized spacial score (nSPS) is 11.3.